The van der Waals surface area contributed by atoms with E-state index in [1.165, 1.54) is 12.1 Å². The lowest BCUT2D eigenvalue weighted by molar-refractivity contribution is 0.573. The highest BCUT2D eigenvalue weighted by Gasteiger charge is 2.19. The summed E-state index contributed by atoms with van der Waals surface area (Å²) < 4.78 is 40.0. The second-order valence-electron chi connectivity index (χ2n) is 4.47. The molecule has 0 atom stereocenters. The number of hydrogen-bond acceptors (Lipinski definition) is 3. The van der Waals surface area contributed by atoms with Crippen molar-refractivity contribution >= 4 is 10.0 Å². The zero-order valence-corrected chi connectivity index (χ0v) is 12.4. The predicted octanol–water partition coefficient (Wildman–Crippen LogP) is 1.72. The van der Waals surface area contributed by atoms with Crippen molar-refractivity contribution < 1.29 is 12.8 Å². The Balaban J connectivity index is 2.78. The minimum absolute atomic E-state index is 0.178. The van der Waals surface area contributed by atoms with E-state index >= 15 is 0 Å². The molecule has 0 radical (unpaired) electrons. The summed E-state index contributed by atoms with van der Waals surface area (Å²) in [5.41, 5.74) is 0.855. The van der Waals surface area contributed by atoms with Gasteiger partial charge in [0.25, 0.3) is 0 Å². The van der Waals surface area contributed by atoms with E-state index < -0.39 is 15.8 Å². The summed E-state index contributed by atoms with van der Waals surface area (Å²) >= 11 is 0. The monoisotopic (exact) mass is 288 g/mol. The molecule has 6 heteroatoms. The summed E-state index contributed by atoms with van der Waals surface area (Å²) in [6, 6.07) is 2.47. The molecule has 108 valence electrons. The average Bonchev–Trinajstić information content (AvgIpc) is 2.26. The molecule has 0 aromatic heterocycles. The van der Waals surface area contributed by atoms with Crippen LogP contribution < -0.4 is 10.0 Å². The molecule has 0 unspecified atom stereocenters. The summed E-state index contributed by atoms with van der Waals surface area (Å²) in [5, 5.41) is 3.12. The van der Waals surface area contributed by atoms with Crippen LogP contribution in [0.25, 0.3) is 0 Å². The van der Waals surface area contributed by atoms with Crippen LogP contribution in [-0.2, 0) is 10.0 Å². The number of aryl methyl sites for hydroxylation is 2. The molecule has 0 bridgehead atoms. The van der Waals surface area contributed by atoms with Gasteiger partial charge in [0.2, 0.25) is 10.0 Å². The lowest BCUT2D eigenvalue weighted by Gasteiger charge is -2.12. The first-order valence-electron chi connectivity index (χ1n) is 6.35. The van der Waals surface area contributed by atoms with E-state index in [9.17, 15) is 12.8 Å². The van der Waals surface area contributed by atoms with Crippen molar-refractivity contribution in [1.82, 2.24) is 10.0 Å². The molecule has 0 aliphatic heterocycles. The molecular formula is C13H21FN2O2S. The quantitative estimate of drug-likeness (QED) is 0.751. The van der Waals surface area contributed by atoms with Crippen LogP contribution in [0.5, 0.6) is 0 Å². The van der Waals surface area contributed by atoms with E-state index in [0.29, 0.717) is 24.1 Å². The van der Waals surface area contributed by atoms with Crippen LogP contribution in [0.15, 0.2) is 17.0 Å². The molecule has 0 aliphatic rings. The molecule has 0 spiro atoms. The average molecular weight is 288 g/mol. The lowest BCUT2D eigenvalue weighted by atomic mass is 10.1. The molecule has 1 aromatic carbocycles. The summed E-state index contributed by atoms with van der Waals surface area (Å²) in [6.45, 7) is 7.19. The van der Waals surface area contributed by atoms with Gasteiger partial charge in [0.15, 0.2) is 0 Å². The Morgan fingerprint density at radius 1 is 1.16 bits per heavy atom. The fourth-order valence-electron chi connectivity index (χ4n) is 1.99. The van der Waals surface area contributed by atoms with E-state index in [1.54, 1.807) is 13.8 Å². The Morgan fingerprint density at radius 2 is 1.74 bits per heavy atom. The van der Waals surface area contributed by atoms with Crippen molar-refractivity contribution in [3.05, 3.63) is 29.1 Å². The van der Waals surface area contributed by atoms with Crippen LogP contribution in [0.3, 0.4) is 0 Å². The molecule has 4 nitrogen and oxygen atoms in total. The Morgan fingerprint density at radius 3 is 2.26 bits per heavy atom. The van der Waals surface area contributed by atoms with Crippen LogP contribution in [0.1, 0.15) is 24.5 Å². The number of nitrogens with one attached hydrogen (secondary N) is 2. The summed E-state index contributed by atoms with van der Waals surface area (Å²) in [6.07, 6.45) is 0.715. The van der Waals surface area contributed by atoms with Crippen molar-refractivity contribution in [2.75, 3.05) is 19.6 Å². The third kappa shape index (κ3) is 4.56. The smallest absolute Gasteiger partial charge is 0.241 e. The fourth-order valence-corrected chi connectivity index (χ4v) is 3.51. The van der Waals surface area contributed by atoms with Gasteiger partial charge in [0.1, 0.15) is 5.82 Å². The van der Waals surface area contributed by atoms with Gasteiger partial charge in [-0.1, -0.05) is 6.92 Å². The molecule has 0 saturated carbocycles. The van der Waals surface area contributed by atoms with Crippen LogP contribution >= 0.6 is 0 Å². The van der Waals surface area contributed by atoms with Gasteiger partial charge in [-0.3, -0.25) is 0 Å². The SMILES string of the molecule is CCNCCCNS(=O)(=O)c1c(C)cc(F)cc1C. The van der Waals surface area contributed by atoms with Gasteiger partial charge < -0.3 is 5.32 Å². The number of benzene rings is 1. The summed E-state index contributed by atoms with van der Waals surface area (Å²) in [5.74, 6) is -0.416. The number of hydrogen-bond donors (Lipinski definition) is 2. The molecule has 0 heterocycles. The van der Waals surface area contributed by atoms with Crippen LogP contribution in [0.2, 0.25) is 0 Å². The zero-order valence-electron chi connectivity index (χ0n) is 11.6. The lowest BCUT2D eigenvalue weighted by Crippen LogP contribution is -2.28. The van der Waals surface area contributed by atoms with Gasteiger partial charge in [-0.25, -0.2) is 17.5 Å². The van der Waals surface area contributed by atoms with E-state index in [-0.39, 0.29) is 4.90 Å². The molecule has 0 fully saturated rings. The van der Waals surface area contributed by atoms with Gasteiger partial charge in [-0.2, -0.15) is 0 Å². The first kappa shape index (κ1) is 16.1. The molecule has 0 aliphatic carbocycles. The minimum Gasteiger partial charge on any atom is -0.317 e. The second kappa shape index (κ2) is 6.98. The standard InChI is InChI=1S/C13H21FN2O2S/c1-4-15-6-5-7-16-19(17,18)13-10(2)8-12(14)9-11(13)3/h8-9,15-16H,4-7H2,1-3H3. The highest BCUT2D eigenvalue weighted by atomic mass is 32.2. The Kier molecular flexibility index (Phi) is 5.90. The van der Waals surface area contributed by atoms with Gasteiger partial charge >= 0.3 is 0 Å². The first-order valence-corrected chi connectivity index (χ1v) is 7.84. The van der Waals surface area contributed by atoms with Crippen molar-refractivity contribution in [2.45, 2.75) is 32.1 Å². The van der Waals surface area contributed by atoms with Gasteiger partial charge in [0, 0.05) is 6.54 Å². The molecule has 1 rings (SSSR count). The maximum atomic E-state index is 13.2. The number of sulfonamides is 1. The van der Waals surface area contributed by atoms with Crippen LogP contribution in [-0.4, -0.2) is 28.1 Å². The summed E-state index contributed by atoms with van der Waals surface area (Å²) in [4.78, 5) is 0.178. The van der Waals surface area contributed by atoms with Crippen LogP contribution in [0, 0.1) is 19.7 Å². The molecule has 0 saturated heterocycles. The maximum Gasteiger partial charge on any atom is 0.241 e. The van der Waals surface area contributed by atoms with Crippen molar-refractivity contribution in [2.24, 2.45) is 0 Å². The molecule has 1 aromatic rings. The molecule has 19 heavy (non-hydrogen) atoms. The maximum absolute atomic E-state index is 13.2. The highest BCUT2D eigenvalue weighted by molar-refractivity contribution is 7.89. The molecule has 2 N–H and O–H groups in total. The van der Waals surface area contributed by atoms with Gasteiger partial charge in [0.05, 0.1) is 4.90 Å². The third-order valence-corrected chi connectivity index (χ3v) is 4.53. The highest BCUT2D eigenvalue weighted by Crippen LogP contribution is 2.20. The minimum atomic E-state index is -3.57. The van der Waals surface area contributed by atoms with Crippen molar-refractivity contribution in [1.29, 1.82) is 0 Å². The zero-order chi connectivity index (χ0) is 14.5. The van der Waals surface area contributed by atoms with Crippen molar-refractivity contribution in [3.63, 3.8) is 0 Å². The predicted molar refractivity (Wildman–Crippen MR) is 74.2 cm³/mol. The number of halogens is 1. The largest absolute Gasteiger partial charge is 0.317 e. The number of rotatable bonds is 7. The van der Waals surface area contributed by atoms with Gasteiger partial charge in [-0.15, -0.1) is 0 Å². The Hall–Kier alpha value is -0.980. The van der Waals surface area contributed by atoms with Crippen molar-refractivity contribution in [3.8, 4) is 0 Å². The Labute approximate surface area is 114 Å². The second-order valence-corrected chi connectivity index (χ2v) is 6.18. The van der Waals surface area contributed by atoms with E-state index in [1.807, 2.05) is 6.92 Å². The van der Waals surface area contributed by atoms with E-state index in [2.05, 4.69) is 10.0 Å². The summed E-state index contributed by atoms with van der Waals surface area (Å²) in [7, 11) is -3.57. The topological polar surface area (TPSA) is 58.2 Å². The fraction of sp³-hybridized carbons (Fsp3) is 0.538. The molecular weight excluding hydrogens is 267 g/mol. The molecule has 0 amide bonds. The third-order valence-electron chi connectivity index (χ3n) is 2.77. The first-order chi connectivity index (χ1) is 8.88. The normalized spacial score (nSPS) is 11.8. The van der Waals surface area contributed by atoms with Crippen LogP contribution in [0.4, 0.5) is 4.39 Å². The Bertz CT molecular complexity index is 506. The van der Waals surface area contributed by atoms with Gasteiger partial charge in [-0.05, 0) is 56.6 Å². The van der Waals surface area contributed by atoms with E-state index in [0.717, 1.165) is 13.1 Å². The van der Waals surface area contributed by atoms with E-state index in [4.69, 9.17) is 0 Å².